The summed E-state index contributed by atoms with van der Waals surface area (Å²) in [7, 11) is 0. The van der Waals surface area contributed by atoms with Gasteiger partial charge < -0.3 is 20.4 Å². The van der Waals surface area contributed by atoms with E-state index in [2.05, 4.69) is 29.5 Å². The smallest absolute Gasteiger partial charge is 0.407 e. The molecule has 1 saturated carbocycles. The fourth-order valence-corrected chi connectivity index (χ4v) is 4.22. The van der Waals surface area contributed by atoms with Gasteiger partial charge in [0.1, 0.15) is 0 Å². The van der Waals surface area contributed by atoms with Gasteiger partial charge in [0.25, 0.3) is 5.91 Å². The Labute approximate surface area is 176 Å². The highest BCUT2D eigenvalue weighted by molar-refractivity contribution is 5.97. The van der Waals surface area contributed by atoms with Crippen LogP contribution < -0.4 is 16.3 Å². The Morgan fingerprint density at radius 3 is 2.67 bits per heavy atom. The van der Waals surface area contributed by atoms with Crippen molar-refractivity contribution in [2.75, 3.05) is 13.2 Å². The third kappa shape index (κ3) is 5.23. The van der Waals surface area contributed by atoms with Crippen LogP contribution in [0.25, 0.3) is 11.0 Å². The first kappa shape index (κ1) is 21.9. The van der Waals surface area contributed by atoms with E-state index < -0.39 is 6.09 Å². The number of nitrogens with one attached hydrogen (secondary N) is 3. The van der Waals surface area contributed by atoms with Gasteiger partial charge in [0, 0.05) is 24.2 Å². The summed E-state index contributed by atoms with van der Waals surface area (Å²) < 4.78 is 6.78. The van der Waals surface area contributed by atoms with Gasteiger partial charge in [-0.05, 0) is 50.3 Å². The van der Waals surface area contributed by atoms with E-state index in [4.69, 9.17) is 4.74 Å². The van der Waals surface area contributed by atoms with Crippen LogP contribution >= 0.6 is 0 Å². The zero-order valence-electron chi connectivity index (χ0n) is 18.0. The average molecular weight is 417 g/mol. The van der Waals surface area contributed by atoms with E-state index in [-0.39, 0.29) is 23.7 Å². The summed E-state index contributed by atoms with van der Waals surface area (Å²) in [5.74, 6) is 0.108. The molecule has 1 fully saturated rings. The summed E-state index contributed by atoms with van der Waals surface area (Å²) >= 11 is 0. The molecule has 0 saturated heterocycles. The number of nitrogens with zero attached hydrogens (tertiary/aromatic N) is 1. The molecule has 8 nitrogen and oxygen atoms in total. The average Bonchev–Trinajstić information content (AvgIpc) is 3.31. The van der Waals surface area contributed by atoms with Gasteiger partial charge in [-0.25, -0.2) is 9.59 Å². The van der Waals surface area contributed by atoms with Gasteiger partial charge in [0.2, 0.25) is 0 Å². The zero-order valence-corrected chi connectivity index (χ0v) is 18.0. The van der Waals surface area contributed by atoms with Crippen molar-refractivity contribution in [3.63, 3.8) is 0 Å². The molecule has 0 spiro atoms. The Hall–Kier alpha value is -2.77. The third-order valence-electron chi connectivity index (χ3n) is 5.53. The fraction of sp³-hybridized carbons (Fsp3) is 0.591. The number of amides is 2. The van der Waals surface area contributed by atoms with Gasteiger partial charge in [-0.1, -0.05) is 26.7 Å². The van der Waals surface area contributed by atoms with Crippen molar-refractivity contribution in [3.05, 3.63) is 34.2 Å². The number of aromatic nitrogens is 2. The highest BCUT2D eigenvalue weighted by atomic mass is 16.5. The van der Waals surface area contributed by atoms with Crippen molar-refractivity contribution >= 4 is 23.0 Å². The Kier molecular flexibility index (Phi) is 7.18. The minimum atomic E-state index is -0.482. The highest BCUT2D eigenvalue weighted by Crippen LogP contribution is 2.30. The van der Waals surface area contributed by atoms with Crippen LogP contribution in [-0.4, -0.2) is 40.7 Å². The Balaban J connectivity index is 1.69. The molecule has 30 heavy (non-hydrogen) atoms. The van der Waals surface area contributed by atoms with Gasteiger partial charge in [-0.3, -0.25) is 9.36 Å². The van der Waals surface area contributed by atoms with E-state index in [9.17, 15) is 14.4 Å². The van der Waals surface area contributed by atoms with Crippen LogP contribution in [0.5, 0.6) is 0 Å². The first-order chi connectivity index (χ1) is 14.4. The normalized spacial score (nSPS) is 15.5. The Morgan fingerprint density at radius 1 is 1.27 bits per heavy atom. The van der Waals surface area contributed by atoms with Gasteiger partial charge in [-0.2, -0.15) is 0 Å². The number of fused-ring (bicyclic) bond motifs is 1. The minimum Gasteiger partial charge on any atom is -0.450 e. The largest absolute Gasteiger partial charge is 0.450 e. The number of hydrogen-bond acceptors (Lipinski definition) is 4. The molecule has 2 amide bonds. The molecule has 1 aromatic carbocycles. The van der Waals surface area contributed by atoms with Gasteiger partial charge in [0.05, 0.1) is 17.6 Å². The van der Waals surface area contributed by atoms with Crippen molar-refractivity contribution in [2.24, 2.45) is 5.92 Å². The van der Waals surface area contributed by atoms with E-state index >= 15 is 0 Å². The molecule has 1 heterocycles. The fourth-order valence-electron chi connectivity index (χ4n) is 4.22. The van der Waals surface area contributed by atoms with Gasteiger partial charge in [0.15, 0.2) is 0 Å². The number of alkyl carbamates (subject to hydrolysis) is 1. The van der Waals surface area contributed by atoms with Crippen molar-refractivity contribution in [1.82, 2.24) is 20.2 Å². The number of benzene rings is 1. The van der Waals surface area contributed by atoms with E-state index in [0.717, 1.165) is 37.6 Å². The number of carbonyl (C=O) groups excluding carboxylic acids is 2. The summed E-state index contributed by atoms with van der Waals surface area (Å²) in [6.45, 7) is 6.46. The Morgan fingerprint density at radius 2 is 2.00 bits per heavy atom. The molecule has 1 unspecified atom stereocenters. The number of ether oxygens (including phenoxy) is 1. The van der Waals surface area contributed by atoms with Crippen LogP contribution in [0.2, 0.25) is 0 Å². The molecule has 2 aromatic rings. The molecule has 0 aliphatic heterocycles. The molecule has 1 aliphatic rings. The SMILES string of the molecule is CCOC(=O)NC(CNC(=O)c1ccc2c(c1)[nH]c(=O)n2C1CCCC1)CC(C)C. The monoisotopic (exact) mass is 416 g/mol. The van der Waals surface area contributed by atoms with E-state index in [1.807, 2.05) is 10.6 Å². The van der Waals surface area contributed by atoms with Crippen molar-refractivity contribution in [3.8, 4) is 0 Å². The highest BCUT2D eigenvalue weighted by Gasteiger charge is 2.22. The number of hydrogen-bond donors (Lipinski definition) is 3. The van der Waals surface area contributed by atoms with Crippen LogP contribution in [0.4, 0.5) is 4.79 Å². The molecule has 1 aliphatic carbocycles. The maximum absolute atomic E-state index is 12.7. The first-order valence-corrected chi connectivity index (χ1v) is 10.8. The van der Waals surface area contributed by atoms with Crippen molar-refractivity contribution in [2.45, 2.75) is 65.0 Å². The molecule has 164 valence electrons. The molecule has 0 bridgehead atoms. The summed E-state index contributed by atoms with van der Waals surface area (Å²) in [5.41, 5.74) is 1.86. The van der Waals surface area contributed by atoms with Crippen LogP contribution in [-0.2, 0) is 4.74 Å². The summed E-state index contributed by atoms with van der Waals surface area (Å²) in [6.07, 6.45) is 4.54. The van der Waals surface area contributed by atoms with Gasteiger partial charge in [-0.15, -0.1) is 0 Å². The molecular formula is C22H32N4O4. The third-order valence-corrected chi connectivity index (χ3v) is 5.53. The second-order valence-corrected chi connectivity index (χ2v) is 8.37. The second kappa shape index (κ2) is 9.82. The number of imidazole rings is 1. The maximum atomic E-state index is 12.7. The molecule has 1 aromatic heterocycles. The number of rotatable bonds is 8. The summed E-state index contributed by atoms with van der Waals surface area (Å²) in [5, 5.41) is 5.69. The Bertz CT molecular complexity index is 940. The quantitative estimate of drug-likeness (QED) is 0.614. The van der Waals surface area contributed by atoms with E-state index in [1.165, 1.54) is 0 Å². The lowest BCUT2D eigenvalue weighted by atomic mass is 10.0. The predicted octanol–water partition coefficient (Wildman–Crippen LogP) is 3.34. The van der Waals surface area contributed by atoms with Crippen molar-refractivity contribution < 1.29 is 14.3 Å². The van der Waals surface area contributed by atoms with Gasteiger partial charge >= 0.3 is 11.8 Å². The maximum Gasteiger partial charge on any atom is 0.407 e. The lowest BCUT2D eigenvalue weighted by Gasteiger charge is -2.20. The summed E-state index contributed by atoms with van der Waals surface area (Å²) in [6, 6.07) is 5.31. The van der Waals surface area contributed by atoms with Crippen LogP contribution in [0, 0.1) is 5.92 Å². The molecule has 3 rings (SSSR count). The molecule has 3 N–H and O–H groups in total. The molecule has 8 heteroatoms. The molecule has 1 atom stereocenters. The first-order valence-electron chi connectivity index (χ1n) is 10.8. The van der Waals surface area contributed by atoms with Crippen LogP contribution in [0.3, 0.4) is 0 Å². The standard InChI is InChI=1S/C22H32N4O4/c1-4-30-22(29)24-16(11-14(2)3)13-23-20(27)15-9-10-19-18(12-15)25-21(28)26(19)17-7-5-6-8-17/h9-10,12,14,16-17H,4-8,11,13H2,1-3H3,(H,23,27)(H,24,29)(H,25,28). The molecular weight excluding hydrogens is 384 g/mol. The second-order valence-electron chi connectivity index (χ2n) is 8.37. The van der Waals surface area contributed by atoms with Crippen LogP contribution in [0.1, 0.15) is 69.3 Å². The lowest BCUT2D eigenvalue weighted by Crippen LogP contribution is -2.44. The topological polar surface area (TPSA) is 105 Å². The van der Waals surface area contributed by atoms with Crippen LogP contribution in [0.15, 0.2) is 23.0 Å². The number of carbonyl (C=O) groups is 2. The predicted molar refractivity (Wildman–Crippen MR) is 116 cm³/mol. The number of H-pyrrole nitrogens is 1. The van der Waals surface area contributed by atoms with Crippen molar-refractivity contribution in [1.29, 1.82) is 0 Å². The molecule has 0 radical (unpaired) electrons. The van der Waals surface area contributed by atoms with E-state index in [0.29, 0.717) is 30.1 Å². The van der Waals surface area contributed by atoms with E-state index in [1.54, 1.807) is 19.1 Å². The zero-order chi connectivity index (χ0) is 21.7. The lowest BCUT2D eigenvalue weighted by molar-refractivity contribution is 0.0944. The number of aromatic amines is 1. The minimum absolute atomic E-state index is 0.120. The summed E-state index contributed by atoms with van der Waals surface area (Å²) in [4.78, 5) is 39.8.